The molecule has 3 N–H and O–H groups in total. The lowest BCUT2D eigenvalue weighted by Crippen LogP contribution is -2.24. The summed E-state index contributed by atoms with van der Waals surface area (Å²) in [4.78, 5) is 0. The number of rotatable bonds is 6. The van der Waals surface area contributed by atoms with Crippen LogP contribution in [0.5, 0.6) is 0 Å². The van der Waals surface area contributed by atoms with E-state index in [9.17, 15) is 8.78 Å². The molecule has 3 nitrogen and oxygen atoms in total. The SMILES string of the molecule is NCCNCCCn1c2ccc(F)cc2c2cc(F)ccc21. The maximum absolute atomic E-state index is 13.5. The monoisotopic (exact) mass is 303 g/mol. The van der Waals surface area contributed by atoms with Gasteiger partial charge in [-0.1, -0.05) is 0 Å². The third kappa shape index (κ3) is 2.82. The molecule has 22 heavy (non-hydrogen) atoms. The smallest absolute Gasteiger partial charge is 0.123 e. The van der Waals surface area contributed by atoms with E-state index in [0.717, 1.165) is 47.9 Å². The molecule has 3 aromatic rings. The van der Waals surface area contributed by atoms with Crippen molar-refractivity contribution in [3.63, 3.8) is 0 Å². The number of aromatic nitrogens is 1. The van der Waals surface area contributed by atoms with Crippen LogP contribution in [-0.2, 0) is 6.54 Å². The lowest BCUT2D eigenvalue weighted by molar-refractivity contribution is 0.601. The van der Waals surface area contributed by atoms with Gasteiger partial charge in [0.2, 0.25) is 0 Å². The highest BCUT2D eigenvalue weighted by Crippen LogP contribution is 2.30. The molecule has 0 unspecified atom stereocenters. The summed E-state index contributed by atoms with van der Waals surface area (Å²) >= 11 is 0. The van der Waals surface area contributed by atoms with Gasteiger partial charge in [-0.2, -0.15) is 0 Å². The summed E-state index contributed by atoms with van der Waals surface area (Å²) < 4.78 is 29.2. The quantitative estimate of drug-likeness (QED) is 0.687. The van der Waals surface area contributed by atoms with E-state index in [-0.39, 0.29) is 11.6 Å². The Labute approximate surface area is 127 Å². The van der Waals surface area contributed by atoms with Gasteiger partial charge in [-0.25, -0.2) is 8.78 Å². The van der Waals surface area contributed by atoms with Crippen LogP contribution < -0.4 is 11.1 Å². The summed E-state index contributed by atoms with van der Waals surface area (Å²) in [6.07, 6.45) is 0.924. The van der Waals surface area contributed by atoms with Crippen molar-refractivity contribution in [1.29, 1.82) is 0 Å². The van der Waals surface area contributed by atoms with Gasteiger partial charge in [0.05, 0.1) is 0 Å². The molecule has 0 aliphatic rings. The minimum Gasteiger partial charge on any atom is -0.340 e. The lowest BCUT2D eigenvalue weighted by atomic mass is 10.1. The van der Waals surface area contributed by atoms with Gasteiger partial charge in [0, 0.05) is 41.4 Å². The first-order chi connectivity index (χ1) is 10.7. The van der Waals surface area contributed by atoms with Crippen LogP contribution >= 0.6 is 0 Å². The summed E-state index contributed by atoms with van der Waals surface area (Å²) in [6, 6.07) is 9.35. The molecule has 2 aromatic carbocycles. The highest BCUT2D eigenvalue weighted by molar-refractivity contribution is 6.08. The Bertz CT molecular complexity index is 736. The predicted molar refractivity (Wildman–Crippen MR) is 85.9 cm³/mol. The van der Waals surface area contributed by atoms with E-state index in [1.54, 1.807) is 12.1 Å². The van der Waals surface area contributed by atoms with Crippen molar-refractivity contribution in [1.82, 2.24) is 9.88 Å². The summed E-state index contributed by atoms with van der Waals surface area (Å²) in [6.45, 7) is 3.06. The number of benzene rings is 2. The van der Waals surface area contributed by atoms with Crippen molar-refractivity contribution in [2.45, 2.75) is 13.0 Å². The molecule has 0 spiro atoms. The third-order valence-corrected chi connectivity index (χ3v) is 3.85. The molecule has 3 rings (SSSR count). The molecule has 0 bridgehead atoms. The second-order valence-corrected chi connectivity index (χ2v) is 5.37. The van der Waals surface area contributed by atoms with Crippen LogP contribution in [0.2, 0.25) is 0 Å². The molecular formula is C17H19F2N3. The number of halogens is 2. The fraction of sp³-hybridized carbons (Fsp3) is 0.294. The third-order valence-electron chi connectivity index (χ3n) is 3.85. The zero-order valence-electron chi connectivity index (χ0n) is 12.3. The zero-order chi connectivity index (χ0) is 15.5. The molecule has 0 saturated heterocycles. The summed E-state index contributed by atoms with van der Waals surface area (Å²) in [5.41, 5.74) is 7.31. The Hall–Kier alpha value is -1.98. The maximum atomic E-state index is 13.5. The zero-order valence-corrected chi connectivity index (χ0v) is 12.3. The molecular weight excluding hydrogens is 284 g/mol. The number of nitrogens with two attached hydrogens (primary N) is 1. The number of fused-ring (bicyclic) bond motifs is 3. The fourth-order valence-electron chi connectivity index (χ4n) is 2.88. The summed E-state index contributed by atoms with van der Waals surface area (Å²) in [5, 5.41) is 4.76. The predicted octanol–water partition coefficient (Wildman–Crippen LogP) is 3.01. The standard InChI is InChI=1S/C17H19F2N3/c18-12-2-4-16-14(10-12)15-11-13(19)3-5-17(15)22(16)9-1-7-21-8-6-20/h2-5,10-11,21H,1,6-9,20H2. The minimum atomic E-state index is -0.305. The molecule has 116 valence electrons. The van der Waals surface area contributed by atoms with Crippen molar-refractivity contribution < 1.29 is 8.78 Å². The van der Waals surface area contributed by atoms with E-state index >= 15 is 0 Å². The van der Waals surface area contributed by atoms with Gasteiger partial charge in [0.15, 0.2) is 0 Å². The Balaban J connectivity index is 1.99. The van der Waals surface area contributed by atoms with E-state index in [1.165, 1.54) is 24.3 Å². The van der Waals surface area contributed by atoms with E-state index in [2.05, 4.69) is 9.88 Å². The average Bonchev–Trinajstić information content (AvgIpc) is 2.80. The summed E-state index contributed by atoms with van der Waals surface area (Å²) in [5.74, 6) is -0.610. The second-order valence-electron chi connectivity index (χ2n) is 5.37. The van der Waals surface area contributed by atoms with Gasteiger partial charge < -0.3 is 15.6 Å². The molecule has 0 saturated carbocycles. The Morgan fingerprint density at radius 1 is 0.909 bits per heavy atom. The van der Waals surface area contributed by atoms with Crippen molar-refractivity contribution >= 4 is 21.8 Å². The Morgan fingerprint density at radius 2 is 1.50 bits per heavy atom. The first kappa shape index (κ1) is 14.9. The highest BCUT2D eigenvalue weighted by Gasteiger charge is 2.11. The number of hydrogen-bond donors (Lipinski definition) is 2. The van der Waals surface area contributed by atoms with Gasteiger partial charge in [-0.05, 0) is 49.4 Å². The van der Waals surface area contributed by atoms with Crippen LogP contribution in [-0.4, -0.2) is 24.2 Å². The first-order valence-corrected chi connectivity index (χ1v) is 7.48. The highest BCUT2D eigenvalue weighted by atomic mass is 19.1. The van der Waals surface area contributed by atoms with Crippen LogP contribution in [0.3, 0.4) is 0 Å². The van der Waals surface area contributed by atoms with E-state index in [4.69, 9.17) is 5.73 Å². The minimum absolute atomic E-state index is 0.305. The van der Waals surface area contributed by atoms with Crippen LogP contribution in [0.1, 0.15) is 6.42 Å². The molecule has 0 aliphatic heterocycles. The van der Waals surface area contributed by atoms with Gasteiger partial charge in [0.1, 0.15) is 11.6 Å². The van der Waals surface area contributed by atoms with Gasteiger partial charge in [0.25, 0.3) is 0 Å². The number of nitrogens with zero attached hydrogens (tertiary/aromatic N) is 1. The van der Waals surface area contributed by atoms with Gasteiger partial charge in [-0.15, -0.1) is 0 Å². The fourth-order valence-corrected chi connectivity index (χ4v) is 2.88. The number of nitrogens with one attached hydrogen (secondary N) is 1. The first-order valence-electron chi connectivity index (χ1n) is 7.48. The van der Waals surface area contributed by atoms with Crippen LogP contribution in [0.4, 0.5) is 8.78 Å². The van der Waals surface area contributed by atoms with E-state index in [0.29, 0.717) is 6.54 Å². The van der Waals surface area contributed by atoms with Crippen LogP contribution in [0.25, 0.3) is 21.8 Å². The van der Waals surface area contributed by atoms with Crippen LogP contribution in [0.15, 0.2) is 36.4 Å². The van der Waals surface area contributed by atoms with Gasteiger partial charge >= 0.3 is 0 Å². The molecule has 0 atom stereocenters. The van der Waals surface area contributed by atoms with Crippen molar-refractivity contribution in [2.75, 3.05) is 19.6 Å². The van der Waals surface area contributed by atoms with E-state index in [1.807, 2.05) is 0 Å². The van der Waals surface area contributed by atoms with Crippen molar-refractivity contribution in [3.8, 4) is 0 Å². The lowest BCUT2D eigenvalue weighted by Gasteiger charge is -2.08. The van der Waals surface area contributed by atoms with E-state index < -0.39 is 0 Å². The van der Waals surface area contributed by atoms with Crippen molar-refractivity contribution in [2.24, 2.45) is 5.73 Å². The topological polar surface area (TPSA) is 43.0 Å². The van der Waals surface area contributed by atoms with Gasteiger partial charge in [-0.3, -0.25) is 0 Å². The largest absolute Gasteiger partial charge is 0.340 e. The van der Waals surface area contributed by atoms with Crippen LogP contribution in [0, 0.1) is 11.6 Å². The molecule has 0 amide bonds. The van der Waals surface area contributed by atoms with Crippen molar-refractivity contribution in [3.05, 3.63) is 48.0 Å². The summed E-state index contributed by atoms with van der Waals surface area (Å²) in [7, 11) is 0. The second kappa shape index (κ2) is 6.42. The Kier molecular flexibility index (Phi) is 4.36. The molecule has 1 heterocycles. The molecule has 5 heteroatoms. The Morgan fingerprint density at radius 3 is 2.05 bits per heavy atom. The molecule has 0 fully saturated rings. The molecule has 1 aromatic heterocycles. The number of aryl methyl sites for hydroxylation is 1. The molecule has 0 aliphatic carbocycles. The average molecular weight is 303 g/mol. The maximum Gasteiger partial charge on any atom is 0.123 e. The molecule has 0 radical (unpaired) electrons. The number of hydrogen-bond acceptors (Lipinski definition) is 2. The normalized spacial score (nSPS) is 11.6.